The minimum atomic E-state index is -0.846. The largest absolute Gasteiger partial charge is 0.460 e. The zero-order valence-corrected chi connectivity index (χ0v) is 32.5. The zero-order valence-electron chi connectivity index (χ0n) is 31.7. The normalized spacial score (nSPS) is 15.9. The summed E-state index contributed by atoms with van der Waals surface area (Å²) in [4.78, 5) is 36.8. The molecule has 14 nitrogen and oxygen atoms in total. The van der Waals surface area contributed by atoms with Crippen molar-refractivity contribution in [2.24, 2.45) is 5.73 Å². The fourth-order valence-corrected chi connectivity index (χ4v) is 7.33. The highest BCUT2D eigenvalue weighted by Gasteiger charge is 2.25. The number of likely N-dealkylation sites (tertiary alicyclic amines) is 1. The van der Waals surface area contributed by atoms with Crippen LogP contribution in [-0.2, 0) is 34.0 Å². The Morgan fingerprint density at radius 1 is 0.945 bits per heavy atom. The summed E-state index contributed by atoms with van der Waals surface area (Å²) in [5, 5.41) is 24.3. The number of amides is 1. The minimum Gasteiger partial charge on any atom is -0.460 e. The van der Waals surface area contributed by atoms with E-state index >= 15 is 0 Å². The maximum Gasteiger partial charge on any atom is 0.323 e. The predicted molar refractivity (Wildman–Crippen MR) is 216 cm³/mol. The molecule has 0 spiro atoms. The molecule has 4 aromatic rings. The van der Waals surface area contributed by atoms with E-state index in [9.17, 15) is 9.59 Å². The molecule has 2 fully saturated rings. The van der Waals surface area contributed by atoms with Gasteiger partial charge in [-0.25, -0.2) is 4.98 Å². The first-order valence-corrected chi connectivity index (χ1v) is 20.3. The third kappa shape index (κ3) is 12.8. The summed E-state index contributed by atoms with van der Waals surface area (Å²) in [6.07, 6.45) is 12.8. The van der Waals surface area contributed by atoms with Crippen LogP contribution in [0.2, 0.25) is 5.02 Å². The molecule has 1 atom stereocenters. The summed E-state index contributed by atoms with van der Waals surface area (Å²) in [5.74, 6) is 0.648. The monoisotopic (exact) mass is 773 g/mol. The molecule has 1 aliphatic heterocycles. The van der Waals surface area contributed by atoms with Gasteiger partial charge in [0.25, 0.3) is 0 Å². The highest BCUT2D eigenvalue weighted by molar-refractivity contribution is 6.31. The summed E-state index contributed by atoms with van der Waals surface area (Å²) in [7, 11) is 0. The number of piperidine rings is 1. The predicted octanol–water partition coefficient (Wildman–Crippen LogP) is 5.03. The molecule has 296 valence electrons. The van der Waals surface area contributed by atoms with Crippen LogP contribution in [0.1, 0.15) is 81.9 Å². The average Bonchev–Trinajstić information content (AvgIpc) is 3.67. The van der Waals surface area contributed by atoms with Crippen LogP contribution < -0.4 is 27.0 Å². The number of nitrogens with one attached hydrogen (secondary N) is 4. The summed E-state index contributed by atoms with van der Waals surface area (Å²) < 4.78 is 7.21. The quantitative estimate of drug-likeness (QED) is 0.0599. The number of fused-ring (bicyclic) bond motifs is 1. The number of ether oxygens (including phenoxy) is 1. The van der Waals surface area contributed by atoms with Crippen LogP contribution in [-0.4, -0.2) is 92.6 Å². The second-order valence-corrected chi connectivity index (χ2v) is 15.1. The summed E-state index contributed by atoms with van der Waals surface area (Å²) in [6.45, 7) is 5.60. The molecule has 1 aliphatic carbocycles. The highest BCUT2D eigenvalue weighted by atomic mass is 35.5. The molecule has 6 N–H and O–H groups in total. The van der Waals surface area contributed by atoms with Crippen molar-refractivity contribution in [3.63, 3.8) is 0 Å². The van der Waals surface area contributed by atoms with Crippen molar-refractivity contribution in [1.82, 2.24) is 40.5 Å². The first kappa shape index (κ1) is 40.3. The number of rotatable bonds is 20. The van der Waals surface area contributed by atoms with E-state index in [1.807, 2.05) is 64.3 Å². The zero-order chi connectivity index (χ0) is 38.2. The smallest absolute Gasteiger partial charge is 0.323 e. The van der Waals surface area contributed by atoms with Crippen molar-refractivity contribution in [1.29, 1.82) is 0 Å². The SMILES string of the molecule is N[C@@H](CCC(=O)N1CCC(Nc2nc(NCc3cn(CCCNCCCNC4CCCCC4)nn3)nc3cc(Cl)ccc23)CC1)C(=O)OCc1ccccc1. The molecule has 1 saturated carbocycles. The van der Waals surface area contributed by atoms with Crippen LogP contribution >= 0.6 is 11.6 Å². The number of halogens is 1. The maximum atomic E-state index is 13.0. The Morgan fingerprint density at radius 2 is 1.75 bits per heavy atom. The summed E-state index contributed by atoms with van der Waals surface area (Å²) >= 11 is 6.35. The van der Waals surface area contributed by atoms with Crippen LogP contribution in [0.5, 0.6) is 0 Å². The molecule has 55 heavy (non-hydrogen) atoms. The van der Waals surface area contributed by atoms with Gasteiger partial charge >= 0.3 is 5.97 Å². The third-order valence-corrected chi connectivity index (χ3v) is 10.6. The van der Waals surface area contributed by atoms with Crippen LogP contribution in [0.4, 0.5) is 11.8 Å². The molecule has 2 aromatic heterocycles. The lowest BCUT2D eigenvalue weighted by Crippen LogP contribution is -2.43. The van der Waals surface area contributed by atoms with E-state index in [0.29, 0.717) is 36.4 Å². The summed E-state index contributed by atoms with van der Waals surface area (Å²) in [5.41, 5.74) is 8.46. The Balaban J connectivity index is 0.914. The van der Waals surface area contributed by atoms with Crippen molar-refractivity contribution in [3.05, 3.63) is 71.0 Å². The molecule has 3 heterocycles. The number of anilines is 2. The lowest BCUT2D eigenvalue weighted by molar-refractivity contribution is -0.146. The standard InChI is InChI=1S/C40H56ClN11O3/c41-30-13-14-34-36(25-30)47-40(45-26-33-27-52(50-49-33)22-8-20-43-19-7-21-44-31-11-5-2-6-12-31)48-38(34)46-32-17-23-51(24-18-32)37(53)16-15-35(42)39(54)55-28-29-9-3-1-4-10-29/h1,3-4,9-10,13-14,25,27,31-32,35,43-44H,2,5-8,11-12,15-24,26,28,42H2,(H2,45,46,47,48)/t35-/m0/s1. The molecule has 2 aliphatic rings. The number of hydrogen-bond donors (Lipinski definition) is 5. The minimum absolute atomic E-state index is 0.0139. The lowest BCUT2D eigenvalue weighted by atomic mass is 9.95. The van der Waals surface area contributed by atoms with E-state index in [4.69, 9.17) is 32.0 Å². The second-order valence-electron chi connectivity index (χ2n) is 14.7. The van der Waals surface area contributed by atoms with Crippen molar-refractivity contribution in [2.45, 2.75) is 108 Å². The Bertz CT molecular complexity index is 1800. The van der Waals surface area contributed by atoms with Gasteiger partial charge in [-0.05, 0) is 88.3 Å². The van der Waals surface area contributed by atoms with Crippen LogP contribution in [0.3, 0.4) is 0 Å². The highest BCUT2D eigenvalue weighted by Crippen LogP contribution is 2.27. The van der Waals surface area contributed by atoms with Gasteiger partial charge in [0.15, 0.2) is 0 Å². The van der Waals surface area contributed by atoms with Gasteiger partial charge < -0.3 is 36.6 Å². The molecular formula is C40H56ClN11O3. The fourth-order valence-electron chi connectivity index (χ4n) is 7.16. The Morgan fingerprint density at radius 3 is 2.56 bits per heavy atom. The van der Waals surface area contributed by atoms with E-state index in [1.165, 1.54) is 32.1 Å². The molecule has 1 amide bonds. The van der Waals surface area contributed by atoms with Crippen molar-refractivity contribution < 1.29 is 14.3 Å². The van der Waals surface area contributed by atoms with Crippen LogP contribution in [0.15, 0.2) is 54.7 Å². The number of hydrogen-bond acceptors (Lipinski definition) is 12. The molecule has 0 bridgehead atoms. The molecule has 15 heteroatoms. The topological polar surface area (TPSA) is 177 Å². The number of carbonyl (C=O) groups excluding carboxylic acids is 2. The van der Waals surface area contributed by atoms with Gasteiger partial charge in [0, 0.05) is 48.5 Å². The number of aryl methyl sites for hydroxylation is 1. The fraction of sp³-hybridized carbons (Fsp3) is 0.550. The Hall–Kier alpha value is -4.37. The maximum absolute atomic E-state index is 13.0. The number of aromatic nitrogens is 5. The van der Waals surface area contributed by atoms with E-state index in [0.717, 1.165) is 80.1 Å². The number of benzene rings is 2. The van der Waals surface area contributed by atoms with E-state index < -0.39 is 12.0 Å². The van der Waals surface area contributed by atoms with E-state index in [-0.39, 0.29) is 31.4 Å². The first-order chi connectivity index (χ1) is 26.9. The molecular weight excluding hydrogens is 718 g/mol. The van der Waals surface area contributed by atoms with Gasteiger partial charge in [-0.3, -0.25) is 14.3 Å². The molecule has 0 radical (unpaired) electrons. The molecule has 0 unspecified atom stereocenters. The lowest BCUT2D eigenvalue weighted by Gasteiger charge is -2.33. The number of nitrogens with two attached hydrogens (primary N) is 1. The van der Waals surface area contributed by atoms with Gasteiger partial charge in [-0.2, -0.15) is 4.98 Å². The second kappa shape index (κ2) is 21.1. The van der Waals surface area contributed by atoms with Gasteiger partial charge in [0.2, 0.25) is 11.9 Å². The van der Waals surface area contributed by atoms with Crippen molar-refractivity contribution in [3.8, 4) is 0 Å². The molecule has 6 rings (SSSR count). The molecule has 1 saturated heterocycles. The van der Waals surface area contributed by atoms with Gasteiger partial charge in [-0.1, -0.05) is 66.4 Å². The van der Waals surface area contributed by atoms with Gasteiger partial charge in [-0.15, -0.1) is 5.10 Å². The summed E-state index contributed by atoms with van der Waals surface area (Å²) in [6, 6.07) is 15.0. The van der Waals surface area contributed by atoms with E-state index in [2.05, 4.69) is 31.6 Å². The number of esters is 1. The van der Waals surface area contributed by atoms with Crippen LogP contribution in [0, 0.1) is 0 Å². The number of carbonyl (C=O) groups is 2. The first-order valence-electron chi connectivity index (χ1n) is 19.9. The average molecular weight is 774 g/mol. The van der Waals surface area contributed by atoms with Crippen LogP contribution in [0.25, 0.3) is 10.9 Å². The van der Waals surface area contributed by atoms with E-state index in [1.54, 1.807) is 0 Å². The van der Waals surface area contributed by atoms with Crippen molar-refractivity contribution in [2.75, 3.05) is 43.4 Å². The Kier molecular flexibility index (Phi) is 15.4. The Labute approximate surface area is 328 Å². The molecule has 2 aromatic carbocycles. The number of nitrogens with zero attached hydrogens (tertiary/aromatic N) is 6. The third-order valence-electron chi connectivity index (χ3n) is 10.4. The van der Waals surface area contributed by atoms with Crippen molar-refractivity contribution >= 4 is 46.1 Å². The van der Waals surface area contributed by atoms with Gasteiger partial charge in [0.1, 0.15) is 24.2 Å². The van der Waals surface area contributed by atoms with Gasteiger partial charge in [0.05, 0.1) is 18.3 Å².